The molecule has 0 spiro atoms. The van der Waals surface area contributed by atoms with Crippen LogP contribution < -0.4 is 11.1 Å². The number of ether oxygens (including phenoxy) is 1. The number of imidazole rings is 1. The number of amides is 1. The van der Waals surface area contributed by atoms with Crippen molar-refractivity contribution >= 4 is 22.9 Å². The number of carbonyl (C=O) groups excluding carboxylic acids is 1. The lowest BCUT2D eigenvalue weighted by Gasteiger charge is -2.17. The molecule has 4 heterocycles. The molecular weight excluding hydrogens is 422 g/mol. The second kappa shape index (κ2) is 8.05. The number of nitrogens with two attached hydrogens (primary N) is 1. The summed E-state index contributed by atoms with van der Waals surface area (Å²) in [5, 5.41) is 41.0. The maximum absolute atomic E-state index is 11.4. The van der Waals surface area contributed by atoms with Gasteiger partial charge in [0.15, 0.2) is 28.9 Å². The summed E-state index contributed by atoms with van der Waals surface area (Å²) in [5.41, 5.74) is 5.97. The monoisotopic (exact) mass is 445 g/mol. The van der Waals surface area contributed by atoms with E-state index >= 15 is 0 Å². The first-order valence-electron chi connectivity index (χ1n) is 10.3. The highest BCUT2D eigenvalue weighted by atomic mass is 16.6. The van der Waals surface area contributed by atoms with Crippen molar-refractivity contribution in [1.82, 2.24) is 34.5 Å². The fraction of sp³-hybridized carbons (Fsp3) is 0.556. The Hall–Kier alpha value is -3.20. The molecule has 2 fully saturated rings. The first-order valence-corrected chi connectivity index (χ1v) is 10.3. The minimum Gasteiger partial charge on any atom is -0.394 e. The first kappa shape index (κ1) is 20.7. The highest BCUT2D eigenvalue weighted by Gasteiger charge is 2.44. The number of rotatable bonds is 6. The lowest BCUT2D eigenvalue weighted by Crippen LogP contribution is -2.33. The number of aliphatic hydroxyl groups excluding tert-OH is 3. The fourth-order valence-corrected chi connectivity index (χ4v) is 4.14. The van der Waals surface area contributed by atoms with Crippen molar-refractivity contribution in [3.8, 4) is 5.95 Å². The van der Waals surface area contributed by atoms with E-state index in [9.17, 15) is 20.1 Å². The number of hydrogen-bond donors (Lipinski definition) is 5. The third-order valence-corrected chi connectivity index (χ3v) is 5.85. The van der Waals surface area contributed by atoms with Crippen LogP contribution in [0.1, 0.15) is 42.4 Å². The standard InChI is InChI=1S/C18H23N9O5/c19-14(31)9-5-27(25-24-9)18-22-15(21-8-3-1-2-4-8)11-16(23-18)26(7-20-11)17-13(30)12(29)10(6-28)32-17/h5,7-8,10,12-13,17,28-30H,1-4,6H2,(H2,19,31)(H,21,22,23)/t10-,12-,13-,17?/m1/s1. The Kier molecular flexibility index (Phi) is 5.21. The predicted molar refractivity (Wildman–Crippen MR) is 108 cm³/mol. The van der Waals surface area contributed by atoms with Crippen molar-refractivity contribution in [3.63, 3.8) is 0 Å². The van der Waals surface area contributed by atoms with E-state index in [0.29, 0.717) is 17.0 Å². The van der Waals surface area contributed by atoms with Crippen LogP contribution in [0.4, 0.5) is 5.82 Å². The van der Waals surface area contributed by atoms with Crippen molar-refractivity contribution in [3.05, 3.63) is 18.2 Å². The van der Waals surface area contributed by atoms with Gasteiger partial charge in [-0.05, 0) is 12.8 Å². The topological polar surface area (TPSA) is 199 Å². The molecule has 0 aromatic carbocycles. The summed E-state index contributed by atoms with van der Waals surface area (Å²) in [7, 11) is 0. The number of aromatic nitrogens is 7. The summed E-state index contributed by atoms with van der Waals surface area (Å²) in [6.07, 6.45) is 2.41. The van der Waals surface area contributed by atoms with Gasteiger partial charge in [-0.2, -0.15) is 14.6 Å². The molecule has 0 bridgehead atoms. The number of hydrogen-bond acceptors (Lipinski definition) is 11. The summed E-state index contributed by atoms with van der Waals surface area (Å²) < 4.78 is 8.32. The molecule has 1 aliphatic carbocycles. The van der Waals surface area contributed by atoms with Crippen molar-refractivity contribution < 1.29 is 24.9 Å². The van der Waals surface area contributed by atoms with Crippen LogP contribution in [0.25, 0.3) is 17.1 Å². The Balaban J connectivity index is 1.61. The van der Waals surface area contributed by atoms with Crippen LogP contribution in [0.15, 0.2) is 12.5 Å². The Morgan fingerprint density at radius 1 is 1.25 bits per heavy atom. The maximum atomic E-state index is 11.4. The Morgan fingerprint density at radius 3 is 2.69 bits per heavy atom. The molecule has 1 aliphatic heterocycles. The van der Waals surface area contributed by atoms with Gasteiger partial charge in [0, 0.05) is 6.04 Å². The van der Waals surface area contributed by atoms with E-state index in [0.717, 1.165) is 25.7 Å². The average molecular weight is 445 g/mol. The SMILES string of the molecule is NC(=O)c1cn(-c2nc(NC3CCCC3)c3ncn(C4O[C@H](CO)[C@@H](O)[C@H]4O)c3n2)nn1. The zero-order valence-electron chi connectivity index (χ0n) is 16.9. The number of nitrogens with zero attached hydrogens (tertiary/aromatic N) is 7. The zero-order chi connectivity index (χ0) is 22.4. The van der Waals surface area contributed by atoms with Crippen molar-refractivity contribution in [2.45, 2.75) is 56.3 Å². The second-order valence-corrected chi connectivity index (χ2v) is 7.96. The lowest BCUT2D eigenvalue weighted by atomic mass is 10.1. The first-order chi connectivity index (χ1) is 15.5. The highest BCUT2D eigenvalue weighted by molar-refractivity contribution is 5.90. The quantitative estimate of drug-likeness (QED) is 0.295. The van der Waals surface area contributed by atoms with Gasteiger partial charge in [0.1, 0.15) is 18.3 Å². The van der Waals surface area contributed by atoms with Gasteiger partial charge in [0.05, 0.1) is 19.1 Å². The minimum atomic E-state index is -1.30. The minimum absolute atomic E-state index is 0.0454. The molecule has 170 valence electrons. The fourth-order valence-electron chi connectivity index (χ4n) is 4.14. The number of anilines is 1. The summed E-state index contributed by atoms with van der Waals surface area (Å²) in [6.45, 7) is -0.453. The summed E-state index contributed by atoms with van der Waals surface area (Å²) >= 11 is 0. The largest absolute Gasteiger partial charge is 0.394 e. The molecular formula is C18H23N9O5. The average Bonchev–Trinajstić information content (AvgIpc) is 3.56. The van der Waals surface area contributed by atoms with E-state index in [2.05, 4.69) is 30.6 Å². The molecule has 1 saturated heterocycles. The van der Waals surface area contributed by atoms with E-state index in [1.807, 2.05) is 0 Å². The predicted octanol–water partition coefficient (Wildman–Crippen LogP) is -1.53. The van der Waals surface area contributed by atoms with Crippen LogP contribution in [0.3, 0.4) is 0 Å². The molecule has 1 saturated carbocycles. The van der Waals surface area contributed by atoms with Crippen LogP contribution in [0.2, 0.25) is 0 Å². The third kappa shape index (κ3) is 3.46. The number of carbonyl (C=O) groups is 1. The molecule has 14 heteroatoms. The number of aliphatic hydroxyl groups is 3. The van der Waals surface area contributed by atoms with E-state index in [1.165, 1.54) is 21.8 Å². The number of fused-ring (bicyclic) bond motifs is 1. The normalized spacial score (nSPS) is 26.2. The lowest BCUT2D eigenvalue weighted by molar-refractivity contribution is -0.0511. The zero-order valence-corrected chi connectivity index (χ0v) is 16.9. The van der Waals surface area contributed by atoms with Crippen LogP contribution in [0.5, 0.6) is 0 Å². The van der Waals surface area contributed by atoms with Gasteiger partial charge < -0.3 is 31.1 Å². The molecule has 14 nitrogen and oxygen atoms in total. The van der Waals surface area contributed by atoms with E-state index in [-0.39, 0.29) is 17.7 Å². The van der Waals surface area contributed by atoms with Crippen LogP contribution in [-0.2, 0) is 4.74 Å². The highest BCUT2D eigenvalue weighted by Crippen LogP contribution is 2.33. The van der Waals surface area contributed by atoms with E-state index in [4.69, 9.17) is 10.5 Å². The molecule has 1 amide bonds. The Bertz CT molecular complexity index is 1140. The van der Waals surface area contributed by atoms with Gasteiger partial charge in [-0.3, -0.25) is 9.36 Å². The van der Waals surface area contributed by atoms with Crippen molar-refractivity contribution in [2.75, 3.05) is 11.9 Å². The second-order valence-electron chi connectivity index (χ2n) is 7.96. The molecule has 5 rings (SSSR count). The summed E-state index contributed by atoms with van der Waals surface area (Å²) in [4.78, 5) is 24.8. The molecule has 3 aromatic heterocycles. The summed E-state index contributed by atoms with van der Waals surface area (Å²) in [5.74, 6) is -0.178. The third-order valence-electron chi connectivity index (χ3n) is 5.85. The van der Waals surface area contributed by atoms with E-state index in [1.54, 1.807) is 0 Å². The van der Waals surface area contributed by atoms with Crippen LogP contribution in [-0.4, -0.2) is 86.7 Å². The van der Waals surface area contributed by atoms with Gasteiger partial charge in [-0.15, -0.1) is 5.10 Å². The molecule has 3 aromatic rings. The van der Waals surface area contributed by atoms with Gasteiger partial charge in [0.25, 0.3) is 11.9 Å². The van der Waals surface area contributed by atoms with Gasteiger partial charge in [-0.25, -0.2) is 4.98 Å². The van der Waals surface area contributed by atoms with Gasteiger partial charge in [-0.1, -0.05) is 18.1 Å². The van der Waals surface area contributed by atoms with Crippen molar-refractivity contribution in [1.29, 1.82) is 0 Å². The van der Waals surface area contributed by atoms with E-state index < -0.39 is 37.1 Å². The molecule has 32 heavy (non-hydrogen) atoms. The maximum Gasteiger partial charge on any atom is 0.270 e. The summed E-state index contributed by atoms with van der Waals surface area (Å²) in [6, 6.07) is 0.219. The van der Waals surface area contributed by atoms with Gasteiger partial charge in [0.2, 0.25) is 0 Å². The molecule has 2 aliphatic rings. The molecule has 1 unspecified atom stereocenters. The molecule has 4 atom stereocenters. The van der Waals surface area contributed by atoms with Crippen LogP contribution >= 0.6 is 0 Å². The van der Waals surface area contributed by atoms with Crippen molar-refractivity contribution in [2.24, 2.45) is 5.73 Å². The number of primary amides is 1. The smallest absolute Gasteiger partial charge is 0.270 e. The Morgan fingerprint density at radius 2 is 2.03 bits per heavy atom. The van der Waals surface area contributed by atoms with Gasteiger partial charge >= 0.3 is 0 Å². The Labute approximate surface area is 181 Å². The number of nitrogens with one attached hydrogen (secondary N) is 1. The molecule has 6 N–H and O–H groups in total. The van der Waals surface area contributed by atoms with Crippen LogP contribution in [0, 0.1) is 0 Å². The molecule has 0 radical (unpaired) electrons.